The summed E-state index contributed by atoms with van der Waals surface area (Å²) < 4.78 is 11.7. The first kappa shape index (κ1) is 23.2. The number of esters is 1. The van der Waals surface area contributed by atoms with Gasteiger partial charge in [-0.25, -0.2) is 9.48 Å². The van der Waals surface area contributed by atoms with E-state index in [0.29, 0.717) is 28.7 Å². The second kappa shape index (κ2) is 10.7. The van der Waals surface area contributed by atoms with Crippen LogP contribution in [0.3, 0.4) is 0 Å². The molecule has 0 aliphatic heterocycles. The third-order valence-electron chi connectivity index (χ3n) is 4.53. The van der Waals surface area contributed by atoms with Crippen molar-refractivity contribution in [3.05, 3.63) is 75.0 Å². The van der Waals surface area contributed by atoms with E-state index >= 15 is 0 Å². The quantitative estimate of drug-likeness (QED) is 0.495. The molecule has 0 aliphatic rings. The van der Waals surface area contributed by atoms with Gasteiger partial charge in [0.15, 0.2) is 0 Å². The number of thiophene rings is 1. The molecule has 1 aromatic carbocycles. The minimum atomic E-state index is -0.522. The van der Waals surface area contributed by atoms with E-state index in [0.717, 1.165) is 5.56 Å². The Morgan fingerprint density at radius 2 is 1.91 bits per heavy atom. The minimum Gasteiger partial charge on any atom is -0.492 e. The number of ether oxygens (including phenoxy) is 2. The van der Waals surface area contributed by atoms with Crippen molar-refractivity contribution < 1.29 is 19.1 Å². The summed E-state index contributed by atoms with van der Waals surface area (Å²) in [5, 5.41) is 9.12. The number of rotatable bonds is 9. The zero-order valence-corrected chi connectivity index (χ0v) is 19.0. The number of hydrogen-bond donors (Lipinski definition) is 1. The maximum atomic E-state index is 12.8. The summed E-state index contributed by atoms with van der Waals surface area (Å²) >= 11 is 1.25. The molecule has 0 fully saturated rings. The van der Waals surface area contributed by atoms with Gasteiger partial charge < -0.3 is 14.8 Å². The monoisotopic (exact) mass is 455 g/mol. The molecule has 1 N–H and O–H groups in total. The second-order valence-corrected chi connectivity index (χ2v) is 8.33. The maximum Gasteiger partial charge on any atom is 0.341 e. The van der Waals surface area contributed by atoms with Crippen LogP contribution in [0.2, 0.25) is 0 Å². The van der Waals surface area contributed by atoms with E-state index in [2.05, 4.69) is 10.4 Å². The van der Waals surface area contributed by atoms with Crippen molar-refractivity contribution in [1.29, 1.82) is 0 Å². The molecule has 0 saturated carbocycles. The lowest BCUT2D eigenvalue weighted by molar-refractivity contribution is 0.0601. The molecule has 8 nitrogen and oxygen atoms in total. The van der Waals surface area contributed by atoms with Crippen LogP contribution in [0, 0.1) is 5.92 Å². The first-order valence-electron chi connectivity index (χ1n) is 10.1. The highest BCUT2D eigenvalue weighted by molar-refractivity contribution is 7.15. The van der Waals surface area contributed by atoms with Crippen molar-refractivity contribution in [3.63, 3.8) is 0 Å². The number of aromatic nitrogens is 2. The molecular formula is C23H25N3O5S. The Kier molecular flexibility index (Phi) is 7.77. The average Bonchev–Trinajstić information content (AvgIpc) is 3.16. The number of benzene rings is 1. The van der Waals surface area contributed by atoms with Gasteiger partial charge in [0.05, 0.1) is 19.2 Å². The van der Waals surface area contributed by atoms with Crippen molar-refractivity contribution >= 4 is 28.2 Å². The highest BCUT2D eigenvalue weighted by Gasteiger charge is 2.22. The van der Waals surface area contributed by atoms with Gasteiger partial charge in [-0.1, -0.05) is 32.0 Å². The number of para-hydroxylation sites is 1. The van der Waals surface area contributed by atoms with Gasteiger partial charge in [-0.2, -0.15) is 5.10 Å². The zero-order valence-electron chi connectivity index (χ0n) is 18.2. The Morgan fingerprint density at radius 1 is 1.16 bits per heavy atom. The van der Waals surface area contributed by atoms with Crippen LogP contribution in [0.5, 0.6) is 5.75 Å². The molecule has 1 amide bonds. The van der Waals surface area contributed by atoms with Crippen LogP contribution in [-0.2, 0) is 17.7 Å². The van der Waals surface area contributed by atoms with Gasteiger partial charge >= 0.3 is 5.97 Å². The molecule has 2 heterocycles. The fourth-order valence-electron chi connectivity index (χ4n) is 3.07. The van der Waals surface area contributed by atoms with E-state index in [1.54, 1.807) is 0 Å². The minimum absolute atomic E-state index is 0.0546. The SMILES string of the molecule is COC(=O)c1c(CC(C)C)csc1NC(=O)c1ccc(=O)n(CCOc2ccccc2)n1. The zero-order chi connectivity index (χ0) is 23.1. The first-order chi connectivity index (χ1) is 15.4. The van der Waals surface area contributed by atoms with Crippen molar-refractivity contribution in [2.75, 3.05) is 19.0 Å². The Morgan fingerprint density at radius 3 is 2.59 bits per heavy atom. The van der Waals surface area contributed by atoms with Crippen LogP contribution in [0.1, 0.15) is 40.3 Å². The van der Waals surface area contributed by atoms with Gasteiger partial charge in [-0.15, -0.1) is 11.3 Å². The Hall–Kier alpha value is -3.46. The molecule has 32 heavy (non-hydrogen) atoms. The van der Waals surface area contributed by atoms with Crippen LogP contribution in [0.25, 0.3) is 0 Å². The number of nitrogens with one attached hydrogen (secondary N) is 1. The summed E-state index contributed by atoms with van der Waals surface area (Å²) in [7, 11) is 1.31. The molecule has 0 unspecified atom stereocenters. The summed E-state index contributed by atoms with van der Waals surface area (Å²) in [6, 6.07) is 11.8. The van der Waals surface area contributed by atoms with Gasteiger partial charge in [0.1, 0.15) is 23.1 Å². The number of methoxy groups -OCH3 is 1. The molecular weight excluding hydrogens is 430 g/mol. The lowest BCUT2D eigenvalue weighted by atomic mass is 10.0. The molecule has 0 spiro atoms. The standard InChI is InChI=1S/C23H25N3O5S/c1-15(2)13-16-14-32-22(20(16)23(29)30-3)24-21(28)18-9-10-19(27)26(25-18)11-12-31-17-7-5-4-6-8-17/h4-10,14-15H,11-13H2,1-3H3,(H,24,28). The maximum absolute atomic E-state index is 12.8. The van der Waals surface area contributed by atoms with Gasteiger partial charge in [0.25, 0.3) is 11.5 Å². The van der Waals surface area contributed by atoms with Crippen LogP contribution < -0.4 is 15.6 Å². The normalized spacial score (nSPS) is 10.8. The van der Waals surface area contributed by atoms with E-state index in [1.807, 2.05) is 49.6 Å². The van der Waals surface area contributed by atoms with Gasteiger partial charge in [0.2, 0.25) is 0 Å². The molecule has 2 aromatic heterocycles. The van der Waals surface area contributed by atoms with E-state index < -0.39 is 11.9 Å². The van der Waals surface area contributed by atoms with Gasteiger partial charge in [0, 0.05) is 6.07 Å². The predicted octanol–water partition coefficient (Wildman–Crippen LogP) is 3.62. The predicted molar refractivity (Wildman–Crippen MR) is 123 cm³/mol. The lowest BCUT2D eigenvalue weighted by Crippen LogP contribution is -2.28. The summed E-state index contributed by atoms with van der Waals surface area (Å²) in [4.78, 5) is 37.2. The van der Waals surface area contributed by atoms with Crippen LogP contribution in [0.15, 0.2) is 52.6 Å². The Balaban J connectivity index is 1.74. The smallest absolute Gasteiger partial charge is 0.341 e. The van der Waals surface area contributed by atoms with E-state index in [9.17, 15) is 14.4 Å². The number of amides is 1. The summed E-state index contributed by atoms with van der Waals surface area (Å²) in [6.07, 6.45) is 0.682. The first-order valence-corrected chi connectivity index (χ1v) is 11.0. The van der Waals surface area contributed by atoms with E-state index in [-0.39, 0.29) is 24.4 Å². The Bertz CT molecular complexity index is 1140. The van der Waals surface area contributed by atoms with Crippen molar-refractivity contribution in [1.82, 2.24) is 9.78 Å². The largest absolute Gasteiger partial charge is 0.492 e. The number of carbonyl (C=O) groups excluding carboxylic acids is 2. The molecule has 3 rings (SSSR count). The Labute approximate surface area is 189 Å². The number of carbonyl (C=O) groups is 2. The molecule has 168 valence electrons. The molecule has 0 atom stereocenters. The number of anilines is 1. The van der Waals surface area contributed by atoms with Crippen LogP contribution >= 0.6 is 11.3 Å². The highest BCUT2D eigenvalue weighted by atomic mass is 32.1. The second-order valence-electron chi connectivity index (χ2n) is 7.45. The third-order valence-corrected chi connectivity index (χ3v) is 5.47. The summed E-state index contributed by atoms with van der Waals surface area (Å²) in [5.74, 6) is -0.0152. The van der Waals surface area contributed by atoms with Crippen molar-refractivity contribution in [2.45, 2.75) is 26.8 Å². The molecule has 0 radical (unpaired) electrons. The molecule has 0 saturated heterocycles. The molecule has 3 aromatic rings. The lowest BCUT2D eigenvalue weighted by Gasteiger charge is -2.10. The van der Waals surface area contributed by atoms with Gasteiger partial charge in [-0.05, 0) is 41.5 Å². The van der Waals surface area contributed by atoms with Crippen LogP contribution in [0.4, 0.5) is 5.00 Å². The third kappa shape index (κ3) is 5.82. The van der Waals surface area contributed by atoms with Crippen molar-refractivity contribution in [3.8, 4) is 5.75 Å². The topological polar surface area (TPSA) is 99.5 Å². The number of hydrogen-bond acceptors (Lipinski definition) is 7. The van der Waals surface area contributed by atoms with Gasteiger partial charge in [-0.3, -0.25) is 9.59 Å². The fourth-order valence-corrected chi connectivity index (χ4v) is 4.02. The molecule has 9 heteroatoms. The fraction of sp³-hybridized carbons (Fsp3) is 0.304. The summed E-state index contributed by atoms with van der Waals surface area (Å²) in [5.41, 5.74) is 0.884. The van der Waals surface area contributed by atoms with Crippen molar-refractivity contribution in [2.24, 2.45) is 5.92 Å². The van der Waals surface area contributed by atoms with E-state index in [1.165, 1.54) is 35.3 Å². The van der Waals surface area contributed by atoms with E-state index in [4.69, 9.17) is 9.47 Å². The number of nitrogens with zero attached hydrogens (tertiary/aromatic N) is 2. The van der Waals surface area contributed by atoms with Crippen LogP contribution in [-0.4, -0.2) is 35.4 Å². The average molecular weight is 456 g/mol. The highest BCUT2D eigenvalue weighted by Crippen LogP contribution is 2.31. The molecule has 0 aliphatic carbocycles. The molecule has 0 bridgehead atoms. The summed E-state index contributed by atoms with van der Waals surface area (Å²) in [6.45, 7) is 4.50.